The molecule has 8 nitrogen and oxygen atoms in total. The van der Waals surface area contributed by atoms with Crippen LogP contribution in [0, 0.1) is 17.8 Å². The second kappa shape index (κ2) is 11.2. The molecule has 8 heteroatoms. The summed E-state index contributed by atoms with van der Waals surface area (Å²) in [5.41, 5.74) is 2.45. The van der Waals surface area contributed by atoms with Gasteiger partial charge in [-0.1, -0.05) is 37.1 Å². The topological polar surface area (TPSA) is 96.1 Å². The van der Waals surface area contributed by atoms with Crippen LogP contribution in [-0.4, -0.2) is 60.2 Å². The highest BCUT2D eigenvalue weighted by molar-refractivity contribution is 5.82. The Morgan fingerprint density at radius 3 is 2.49 bits per heavy atom. The summed E-state index contributed by atoms with van der Waals surface area (Å²) in [6, 6.07) is 15.6. The number of ether oxygens (including phenoxy) is 1. The van der Waals surface area contributed by atoms with Gasteiger partial charge in [-0.25, -0.2) is 0 Å². The van der Waals surface area contributed by atoms with Gasteiger partial charge in [0, 0.05) is 26.6 Å². The SMILES string of the molecule is CN(CCOc1ccc(CC(CC(=O)N2C[C@H]3CCCC[C@H]3C2)C(=O)O)cc1)c1nc2ccccc2o1. The van der Waals surface area contributed by atoms with Crippen LogP contribution in [0.4, 0.5) is 6.01 Å². The Morgan fingerprint density at radius 1 is 1.11 bits per heavy atom. The van der Waals surface area contributed by atoms with Gasteiger partial charge < -0.3 is 24.1 Å². The number of carboxylic acids is 1. The molecule has 1 N–H and O–H groups in total. The Hall–Kier alpha value is -3.55. The number of anilines is 1. The van der Waals surface area contributed by atoms with Crippen molar-refractivity contribution in [1.82, 2.24) is 9.88 Å². The molecule has 3 atom stereocenters. The van der Waals surface area contributed by atoms with E-state index in [0.29, 0.717) is 43.2 Å². The molecule has 5 rings (SSSR count). The largest absolute Gasteiger partial charge is 0.492 e. The van der Waals surface area contributed by atoms with E-state index in [0.717, 1.165) is 29.8 Å². The number of fused-ring (bicyclic) bond motifs is 2. The monoisotopic (exact) mass is 505 g/mol. The van der Waals surface area contributed by atoms with Crippen LogP contribution >= 0.6 is 0 Å². The van der Waals surface area contributed by atoms with Crippen LogP contribution in [0.1, 0.15) is 37.7 Å². The molecule has 0 spiro atoms. The third-order valence-corrected chi connectivity index (χ3v) is 7.81. The van der Waals surface area contributed by atoms with Gasteiger partial charge in [-0.15, -0.1) is 0 Å². The van der Waals surface area contributed by atoms with Crippen molar-refractivity contribution in [2.45, 2.75) is 38.5 Å². The predicted molar refractivity (Wildman–Crippen MR) is 141 cm³/mol. The minimum Gasteiger partial charge on any atom is -0.492 e. The van der Waals surface area contributed by atoms with Gasteiger partial charge >= 0.3 is 5.97 Å². The number of aromatic nitrogens is 1. The molecule has 37 heavy (non-hydrogen) atoms. The number of amides is 1. The van der Waals surface area contributed by atoms with Crippen molar-refractivity contribution in [2.75, 3.05) is 38.2 Å². The van der Waals surface area contributed by atoms with Gasteiger partial charge in [-0.3, -0.25) is 9.59 Å². The summed E-state index contributed by atoms with van der Waals surface area (Å²) in [6.45, 7) is 2.63. The number of rotatable bonds is 10. The second-order valence-electron chi connectivity index (χ2n) is 10.4. The number of likely N-dealkylation sites (N-methyl/N-ethyl adjacent to an activating group) is 1. The molecule has 1 aliphatic carbocycles. The van der Waals surface area contributed by atoms with Crippen LogP contribution in [0.25, 0.3) is 11.1 Å². The molecule has 196 valence electrons. The van der Waals surface area contributed by atoms with Crippen molar-refractivity contribution in [3.05, 3.63) is 54.1 Å². The van der Waals surface area contributed by atoms with E-state index in [-0.39, 0.29) is 12.3 Å². The highest BCUT2D eigenvalue weighted by Crippen LogP contribution is 2.36. The molecule has 1 aromatic heterocycles. The first kappa shape index (κ1) is 25.1. The standard InChI is InChI=1S/C29H35N3O5/c1-31(29-30-25-8-4-5-9-26(25)37-29)14-15-36-24-12-10-20(11-13-24)16-23(28(34)35)17-27(33)32-18-21-6-2-3-7-22(21)19-32/h4-5,8-13,21-23H,2-3,6-7,14-19H2,1H3,(H,34,35)/t21-,22+,23?. The van der Waals surface area contributed by atoms with Crippen LogP contribution in [0.5, 0.6) is 5.75 Å². The molecule has 1 saturated carbocycles. The average Bonchev–Trinajstić information content (AvgIpc) is 3.54. The Labute approximate surface area is 217 Å². The predicted octanol–water partition coefficient (Wildman–Crippen LogP) is 4.63. The van der Waals surface area contributed by atoms with Gasteiger partial charge in [0.25, 0.3) is 6.01 Å². The van der Waals surface area contributed by atoms with Crippen molar-refractivity contribution < 1.29 is 23.8 Å². The lowest BCUT2D eigenvalue weighted by atomic mass is 9.82. The first-order chi connectivity index (χ1) is 18.0. The molecule has 2 fully saturated rings. The third kappa shape index (κ3) is 6.06. The number of aliphatic carboxylic acids is 1. The Balaban J connectivity index is 1.10. The summed E-state index contributed by atoms with van der Waals surface area (Å²) in [7, 11) is 1.90. The minimum absolute atomic E-state index is 0.0233. The van der Waals surface area contributed by atoms with Crippen LogP contribution in [0.15, 0.2) is 52.9 Å². The third-order valence-electron chi connectivity index (χ3n) is 7.81. The van der Waals surface area contributed by atoms with Crippen molar-refractivity contribution in [1.29, 1.82) is 0 Å². The highest BCUT2D eigenvalue weighted by atomic mass is 16.5. The van der Waals surface area contributed by atoms with Crippen molar-refractivity contribution in [2.24, 2.45) is 17.8 Å². The van der Waals surface area contributed by atoms with E-state index in [1.54, 1.807) is 0 Å². The fourth-order valence-electron chi connectivity index (χ4n) is 5.62. The molecule has 1 saturated heterocycles. The fourth-order valence-corrected chi connectivity index (χ4v) is 5.62. The number of para-hydroxylation sites is 2. The van der Waals surface area contributed by atoms with Gasteiger partial charge in [-0.05, 0) is 60.9 Å². The Kier molecular flexibility index (Phi) is 7.63. The molecule has 2 aromatic carbocycles. The maximum atomic E-state index is 12.9. The molecule has 3 aromatic rings. The second-order valence-corrected chi connectivity index (χ2v) is 10.4. The van der Waals surface area contributed by atoms with Crippen LogP contribution in [0.3, 0.4) is 0 Å². The number of hydrogen-bond acceptors (Lipinski definition) is 6. The van der Waals surface area contributed by atoms with E-state index >= 15 is 0 Å². The number of carbonyl (C=O) groups is 2. The van der Waals surface area contributed by atoms with Crippen LogP contribution < -0.4 is 9.64 Å². The molecular weight excluding hydrogens is 470 g/mol. The number of likely N-dealkylation sites (tertiary alicyclic amines) is 1. The number of oxazole rings is 1. The zero-order valence-electron chi connectivity index (χ0n) is 21.3. The molecule has 2 aliphatic rings. The first-order valence-corrected chi connectivity index (χ1v) is 13.3. The number of hydrogen-bond donors (Lipinski definition) is 1. The molecular formula is C29H35N3O5. The van der Waals surface area contributed by atoms with Gasteiger partial charge in [0.1, 0.15) is 17.9 Å². The van der Waals surface area contributed by atoms with E-state index in [2.05, 4.69) is 4.98 Å². The normalized spacial score (nSPS) is 20.0. The summed E-state index contributed by atoms with van der Waals surface area (Å²) >= 11 is 0. The van der Waals surface area contributed by atoms with Gasteiger partial charge in [0.2, 0.25) is 5.91 Å². The molecule has 1 aliphatic heterocycles. The van der Waals surface area contributed by atoms with E-state index in [4.69, 9.17) is 9.15 Å². The molecule has 1 amide bonds. The summed E-state index contributed by atoms with van der Waals surface area (Å²) in [5.74, 6) is 0.230. The van der Waals surface area contributed by atoms with Gasteiger partial charge in [0.05, 0.1) is 12.5 Å². The van der Waals surface area contributed by atoms with Crippen molar-refractivity contribution in [3.63, 3.8) is 0 Å². The summed E-state index contributed by atoms with van der Waals surface area (Å²) in [6.07, 6.45) is 5.25. The van der Waals surface area contributed by atoms with Crippen LogP contribution in [-0.2, 0) is 16.0 Å². The Bertz CT molecular complexity index is 1180. The zero-order chi connectivity index (χ0) is 25.8. The average molecular weight is 506 g/mol. The first-order valence-electron chi connectivity index (χ1n) is 13.3. The highest BCUT2D eigenvalue weighted by Gasteiger charge is 2.37. The quantitative estimate of drug-likeness (QED) is 0.429. The lowest BCUT2D eigenvalue weighted by Gasteiger charge is -2.22. The fraction of sp³-hybridized carbons (Fsp3) is 0.483. The summed E-state index contributed by atoms with van der Waals surface area (Å²) < 4.78 is 11.6. The Morgan fingerprint density at radius 2 is 1.81 bits per heavy atom. The smallest absolute Gasteiger partial charge is 0.307 e. The molecule has 2 heterocycles. The van der Waals surface area contributed by atoms with Gasteiger partial charge in [-0.2, -0.15) is 4.98 Å². The van der Waals surface area contributed by atoms with Crippen molar-refractivity contribution in [3.8, 4) is 5.75 Å². The molecule has 0 radical (unpaired) electrons. The van der Waals surface area contributed by atoms with E-state index in [1.165, 1.54) is 25.7 Å². The number of carbonyl (C=O) groups excluding carboxylic acids is 1. The number of nitrogens with zero attached hydrogens (tertiary/aromatic N) is 3. The summed E-state index contributed by atoms with van der Waals surface area (Å²) in [5, 5.41) is 9.78. The van der Waals surface area contributed by atoms with Crippen molar-refractivity contribution >= 4 is 29.0 Å². The lowest BCUT2D eigenvalue weighted by Crippen LogP contribution is -2.33. The number of carboxylic acid groups (broad SMARTS) is 1. The maximum absolute atomic E-state index is 12.9. The molecule has 1 unspecified atom stereocenters. The maximum Gasteiger partial charge on any atom is 0.307 e. The summed E-state index contributed by atoms with van der Waals surface area (Å²) in [4.78, 5) is 33.1. The van der Waals surface area contributed by atoms with E-state index < -0.39 is 11.9 Å². The minimum atomic E-state index is -0.924. The molecule has 0 bridgehead atoms. The lowest BCUT2D eigenvalue weighted by molar-refractivity contribution is -0.145. The van der Waals surface area contributed by atoms with E-state index in [9.17, 15) is 14.7 Å². The zero-order valence-corrected chi connectivity index (χ0v) is 21.3. The van der Waals surface area contributed by atoms with Gasteiger partial charge in [0.15, 0.2) is 5.58 Å². The number of benzene rings is 2. The van der Waals surface area contributed by atoms with Crippen LogP contribution in [0.2, 0.25) is 0 Å². The van der Waals surface area contributed by atoms with E-state index in [1.807, 2.05) is 65.4 Å².